The highest BCUT2D eigenvalue weighted by Gasteiger charge is 2.23. The Labute approximate surface area is 146 Å². The van der Waals surface area contributed by atoms with E-state index in [1.165, 1.54) is 84.6 Å². The maximum atomic E-state index is 2.71. The normalized spacial score (nSPS) is 22.2. The van der Waals surface area contributed by atoms with Crippen LogP contribution in [0.3, 0.4) is 0 Å². The van der Waals surface area contributed by atoms with Crippen LogP contribution in [0.1, 0.15) is 60.3 Å². The Bertz CT molecular complexity index is 264. The Balaban J connectivity index is 0.00000127. The van der Waals surface area contributed by atoms with E-state index in [0.717, 1.165) is 11.8 Å². The molecule has 2 saturated heterocycles. The number of piperazine rings is 1. The first kappa shape index (κ1) is 20.9. The summed E-state index contributed by atoms with van der Waals surface area (Å²) in [5.41, 5.74) is 0. The van der Waals surface area contributed by atoms with Crippen LogP contribution < -0.4 is 0 Å². The fourth-order valence-electron chi connectivity index (χ4n) is 3.77. The first-order chi connectivity index (χ1) is 11.2. The molecule has 0 radical (unpaired) electrons. The zero-order chi connectivity index (χ0) is 17.1. The van der Waals surface area contributed by atoms with Gasteiger partial charge in [-0.1, -0.05) is 34.6 Å². The molecule has 0 aromatic heterocycles. The van der Waals surface area contributed by atoms with Crippen molar-refractivity contribution in [3.63, 3.8) is 0 Å². The van der Waals surface area contributed by atoms with E-state index in [1.54, 1.807) is 0 Å². The summed E-state index contributed by atoms with van der Waals surface area (Å²) < 4.78 is 0. The Morgan fingerprint density at radius 3 is 1.91 bits per heavy atom. The molecule has 0 aliphatic carbocycles. The lowest BCUT2D eigenvalue weighted by molar-refractivity contribution is 0.0969. The largest absolute Gasteiger partial charge is 0.303 e. The van der Waals surface area contributed by atoms with Crippen molar-refractivity contribution in [2.24, 2.45) is 11.8 Å². The van der Waals surface area contributed by atoms with Gasteiger partial charge >= 0.3 is 0 Å². The molecule has 0 aromatic carbocycles. The maximum Gasteiger partial charge on any atom is 0.0110 e. The molecule has 23 heavy (non-hydrogen) atoms. The summed E-state index contributed by atoms with van der Waals surface area (Å²) in [5, 5.41) is 0. The Morgan fingerprint density at radius 1 is 0.826 bits per heavy atom. The molecule has 2 fully saturated rings. The van der Waals surface area contributed by atoms with Crippen LogP contribution in [-0.4, -0.2) is 73.6 Å². The molecule has 0 saturated carbocycles. The van der Waals surface area contributed by atoms with E-state index in [0.29, 0.717) is 0 Å². The molecule has 0 N–H and O–H groups in total. The van der Waals surface area contributed by atoms with E-state index in [1.807, 2.05) is 13.8 Å². The summed E-state index contributed by atoms with van der Waals surface area (Å²) in [4.78, 5) is 7.99. The first-order valence-electron chi connectivity index (χ1n) is 10.3. The van der Waals surface area contributed by atoms with Crippen LogP contribution in [0, 0.1) is 11.8 Å². The van der Waals surface area contributed by atoms with Gasteiger partial charge in [-0.15, -0.1) is 0 Å². The van der Waals surface area contributed by atoms with Crippen molar-refractivity contribution in [3.8, 4) is 0 Å². The minimum absolute atomic E-state index is 0.865. The average Bonchev–Trinajstić information content (AvgIpc) is 2.59. The zero-order valence-corrected chi connectivity index (χ0v) is 16.7. The third-order valence-electron chi connectivity index (χ3n) is 5.39. The summed E-state index contributed by atoms with van der Waals surface area (Å²) in [6, 6.07) is 0. The van der Waals surface area contributed by atoms with Gasteiger partial charge in [0.15, 0.2) is 0 Å². The molecule has 2 rings (SSSR count). The summed E-state index contributed by atoms with van der Waals surface area (Å²) in [5.74, 6) is 1.82. The van der Waals surface area contributed by atoms with E-state index in [2.05, 4.69) is 35.5 Å². The monoisotopic (exact) mass is 325 g/mol. The SMILES string of the molecule is CC.CCN1CCN(CC2CCN(CCCC(C)C)CC2)CC1. The minimum Gasteiger partial charge on any atom is -0.303 e. The number of piperidine rings is 1. The van der Waals surface area contributed by atoms with Crippen LogP contribution in [0.15, 0.2) is 0 Å². The Kier molecular flexibility index (Phi) is 11.2. The Hall–Kier alpha value is -0.120. The number of rotatable bonds is 7. The summed E-state index contributed by atoms with van der Waals surface area (Å²) in [7, 11) is 0. The zero-order valence-electron chi connectivity index (χ0n) is 16.7. The highest BCUT2D eigenvalue weighted by molar-refractivity contribution is 4.78. The van der Waals surface area contributed by atoms with Gasteiger partial charge in [-0.05, 0) is 63.7 Å². The van der Waals surface area contributed by atoms with Crippen LogP contribution in [-0.2, 0) is 0 Å². The van der Waals surface area contributed by atoms with Crippen molar-refractivity contribution in [3.05, 3.63) is 0 Å². The lowest BCUT2D eigenvalue weighted by atomic mass is 9.95. The van der Waals surface area contributed by atoms with Gasteiger partial charge in [0, 0.05) is 32.7 Å². The van der Waals surface area contributed by atoms with Crippen molar-refractivity contribution in [1.29, 1.82) is 0 Å². The number of likely N-dealkylation sites (N-methyl/N-ethyl adjacent to an activating group) is 1. The highest BCUT2D eigenvalue weighted by Crippen LogP contribution is 2.20. The van der Waals surface area contributed by atoms with Gasteiger partial charge in [-0.3, -0.25) is 0 Å². The van der Waals surface area contributed by atoms with Gasteiger partial charge < -0.3 is 14.7 Å². The Morgan fingerprint density at radius 2 is 1.39 bits per heavy atom. The highest BCUT2D eigenvalue weighted by atomic mass is 15.3. The van der Waals surface area contributed by atoms with Crippen molar-refractivity contribution in [2.45, 2.75) is 60.3 Å². The first-order valence-corrected chi connectivity index (χ1v) is 10.3. The summed E-state index contributed by atoms with van der Waals surface area (Å²) in [6.07, 6.45) is 5.63. The molecular formula is C20H43N3. The van der Waals surface area contributed by atoms with Gasteiger partial charge in [0.1, 0.15) is 0 Å². The quantitative estimate of drug-likeness (QED) is 0.705. The van der Waals surface area contributed by atoms with Crippen molar-refractivity contribution >= 4 is 0 Å². The standard InChI is InChI=1S/C18H37N3.C2H6/c1-4-19-12-14-21(15-13-19)16-18-7-10-20(11-8-18)9-5-6-17(2)3;1-2/h17-18H,4-16H2,1-3H3;1-2H3. The predicted molar refractivity (Wildman–Crippen MR) is 103 cm³/mol. The van der Waals surface area contributed by atoms with Gasteiger partial charge in [-0.25, -0.2) is 0 Å². The van der Waals surface area contributed by atoms with E-state index < -0.39 is 0 Å². The van der Waals surface area contributed by atoms with E-state index in [9.17, 15) is 0 Å². The van der Waals surface area contributed by atoms with Crippen LogP contribution in [0.5, 0.6) is 0 Å². The molecule has 2 heterocycles. The second-order valence-corrected chi connectivity index (χ2v) is 7.56. The second kappa shape index (κ2) is 12.3. The van der Waals surface area contributed by atoms with Crippen molar-refractivity contribution in [2.75, 3.05) is 58.9 Å². The molecule has 0 atom stereocenters. The number of hydrogen-bond acceptors (Lipinski definition) is 3. The number of likely N-dealkylation sites (tertiary alicyclic amines) is 1. The number of hydrogen-bond donors (Lipinski definition) is 0. The fourth-order valence-corrected chi connectivity index (χ4v) is 3.77. The molecule has 0 spiro atoms. The minimum atomic E-state index is 0.865. The summed E-state index contributed by atoms with van der Waals surface area (Å²) in [6.45, 7) is 22.7. The fraction of sp³-hybridized carbons (Fsp3) is 1.00. The van der Waals surface area contributed by atoms with E-state index in [4.69, 9.17) is 0 Å². The molecule has 2 aliphatic rings. The van der Waals surface area contributed by atoms with Crippen LogP contribution in [0.25, 0.3) is 0 Å². The summed E-state index contributed by atoms with van der Waals surface area (Å²) >= 11 is 0. The maximum absolute atomic E-state index is 2.71. The molecule has 0 unspecified atom stereocenters. The second-order valence-electron chi connectivity index (χ2n) is 7.56. The molecule has 0 bridgehead atoms. The van der Waals surface area contributed by atoms with Crippen molar-refractivity contribution in [1.82, 2.24) is 14.7 Å². The lowest BCUT2D eigenvalue weighted by Gasteiger charge is -2.38. The van der Waals surface area contributed by atoms with Gasteiger partial charge in [-0.2, -0.15) is 0 Å². The molecular weight excluding hydrogens is 282 g/mol. The predicted octanol–water partition coefficient (Wildman–Crippen LogP) is 3.80. The molecule has 0 amide bonds. The molecule has 2 aliphatic heterocycles. The van der Waals surface area contributed by atoms with Gasteiger partial charge in [0.2, 0.25) is 0 Å². The van der Waals surface area contributed by atoms with E-state index in [-0.39, 0.29) is 0 Å². The van der Waals surface area contributed by atoms with Crippen LogP contribution in [0.4, 0.5) is 0 Å². The molecule has 3 nitrogen and oxygen atoms in total. The average molecular weight is 326 g/mol. The van der Waals surface area contributed by atoms with Crippen LogP contribution >= 0.6 is 0 Å². The molecule has 3 heteroatoms. The third-order valence-corrected chi connectivity index (χ3v) is 5.39. The van der Waals surface area contributed by atoms with Crippen molar-refractivity contribution < 1.29 is 0 Å². The number of nitrogens with zero attached hydrogens (tertiary/aromatic N) is 3. The smallest absolute Gasteiger partial charge is 0.0110 e. The molecule has 138 valence electrons. The van der Waals surface area contributed by atoms with E-state index >= 15 is 0 Å². The van der Waals surface area contributed by atoms with Gasteiger partial charge in [0.25, 0.3) is 0 Å². The van der Waals surface area contributed by atoms with Gasteiger partial charge in [0.05, 0.1) is 0 Å². The van der Waals surface area contributed by atoms with Crippen LogP contribution in [0.2, 0.25) is 0 Å². The topological polar surface area (TPSA) is 9.72 Å². The third kappa shape index (κ3) is 8.51. The molecule has 0 aromatic rings. The lowest BCUT2D eigenvalue weighted by Crippen LogP contribution is -2.48.